The fraction of sp³-hybridized carbons (Fsp3) is 0.846. The summed E-state index contributed by atoms with van der Waals surface area (Å²) in [6.07, 6.45) is 2.45. The Kier molecular flexibility index (Phi) is 4.22. The summed E-state index contributed by atoms with van der Waals surface area (Å²) >= 11 is 0. The second kappa shape index (κ2) is 5.69. The Morgan fingerprint density at radius 2 is 2.11 bits per heavy atom. The molecule has 2 fully saturated rings. The minimum atomic E-state index is -0.147. The molecule has 0 bridgehead atoms. The lowest BCUT2D eigenvalue weighted by molar-refractivity contribution is -0.137. The molecule has 1 unspecified atom stereocenters. The van der Waals surface area contributed by atoms with Gasteiger partial charge in [0.25, 0.3) is 0 Å². The molecule has 0 aromatic rings. The number of likely N-dealkylation sites (tertiary alicyclic amines) is 1. The molecule has 2 rings (SSSR count). The van der Waals surface area contributed by atoms with Crippen LogP contribution in [0.2, 0.25) is 0 Å². The molecule has 5 nitrogen and oxygen atoms in total. The summed E-state index contributed by atoms with van der Waals surface area (Å²) < 4.78 is 0. The summed E-state index contributed by atoms with van der Waals surface area (Å²) in [7, 11) is 1.89. The summed E-state index contributed by atoms with van der Waals surface area (Å²) in [5.74, 6) is -0.0162. The van der Waals surface area contributed by atoms with E-state index in [1.807, 2.05) is 11.9 Å². The Morgan fingerprint density at radius 3 is 2.61 bits per heavy atom. The van der Waals surface area contributed by atoms with Crippen molar-refractivity contribution in [3.8, 4) is 0 Å². The number of hydrogen-bond acceptors (Lipinski definition) is 3. The highest BCUT2D eigenvalue weighted by atomic mass is 16.2. The van der Waals surface area contributed by atoms with Gasteiger partial charge in [0.15, 0.2) is 0 Å². The second-order valence-corrected chi connectivity index (χ2v) is 5.32. The lowest BCUT2D eigenvalue weighted by atomic mass is 10.0. The largest absolute Gasteiger partial charge is 0.355 e. The first-order valence-corrected chi connectivity index (χ1v) is 6.87. The minimum Gasteiger partial charge on any atom is -0.355 e. The maximum absolute atomic E-state index is 12.3. The van der Waals surface area contributed by atoms with Crippen molar-refractivity contribution in [1.29, 1.82) is 0 Å². The highest BCUT2D eigenvalue weighted by molar-refractivity contribution is 5.89. The van der Waals surface area contributed by atoms with E-state index >= 15 is 0 Å². The van der Waals surface area contributed by atoms with Gasteiger partial charge in [-0.1, -0.05) is 6.92 Å². The van der Waals surface area contributed by atoms with Gasteiger partial charge in [-0.2, -0.15) is 0 Å². The van der Waals surface area contributed by atoms with Crippen LogP contribution in [0, 0.1) is 5.92 Å². The fourth-order valence-electron chi connectivity index (χ4n) is 2.87. The summed E-state index contributed by atoms with van der Waals surface area (Å²) in [4.78, 5) is 27.7. The van der Waals surface area contributed by atoms with Crippen LogP contribution in [0.3, 0.4) is 0 Å². The van der Waals surface area contributed by atoms with Crippen molar-refractivity contribution in [1.82, 2.24) is 15.1 Å². The van der Waals surface area contributed by atoms with E-state index in [-0.39, 0.29) is 17.7 Å². The molecular formula is C13H23N3O2. The number of hydrogen-bond donors (Lipinski definition) is 1. The quantitative estimate of drug-likeness (QED) is 0.774. The van der Waals surface area contributed by atoms with Crippen molar-refractivity contribution in [2.45, 2.75) is 32.2 Å². The predicted octanol–water partition coefficient (Wildman–Crippen LogP) is 0.0652. The van der Waals surface area contributed by atoms with Gasteiger partial charge < -0.3 is 15.1 Å². The van der Waals surface area contributed by atoms with Gasteiger partial charge in [0.05, 0.1) is 5.92 Å². The first-order valence-electron chi connectivity index (χ1n) is 6.87. The van der Waals surface area contributed by atoms with Gasteiger partial charge in [-0.15, -0.1) is 0 Å². The number of carbonyl (C=O) groups is 2. The van der Waals surface area contributed by atoms with E-state index < -0.39 is 0 Å². The molecule has 1 N–H and O–H groups in total. The minimum absolute atomic E-state index is 0.00236. The van der Waals surface area contributed by atoms with E-state index in [2.05, 4.69) is 17.1 Å². The van der Waals surface area contributed by atoms with Crippen LogP contribution < -0.4 is 5.32 Å². The lowest BCUT2D eigenvalue weighted by Crippen LogP contribution is -2.47. The summed E-state index contributed by atoms with van der Waals surface area (Å²) in [5, 5.41) is 2.73. The number of amides is 2. The average Bonchev–Trinajstić information content (AvgIpc) is 2.84. The van der Waals surface area contributed by atoms with E-state index in [9.17, 15) is 9.59 Å². The predicted molar refractivity (Wildman–Crippen MR) is 69.0 cm³/mol. The molecule has 5 heteroatoms. The van der Waals surface area contributed by atoms with Gasteiger partial charge in [0, 0.05) is 39.1 Å². The number of carbonyl (C=O) groups excluding carboxylic acids is 2. The molecule has 102 valence electrons. The topological polar surface area (TPSA) is 52.6 Å². The molecule has 0 radical (unpaired) electrons. The molecule has 2 aliphatic heterocycles. The molecule has 2 amide bonds. The third kappa shape index (κ3) is 2.83. The Bertz CT molecular complexity index is 324. The van der Waals surface area contributed by atoms with Crippen LogP contribution in [0.4, 0.5) is 0 Å². The molecule has 0 saturated carbocycles. The van der Waals surface area contributed by atoms with Gasteiger partial charge >= 0.3 is 0 Å². The SMILES string of the molecule is CCN1CCC(N(C)C(=O)C2CNC(=O)C2)CC1. The van der Waals surface area contributed by atoms with Gasteiger partial charge in [-0.05, 0) is 19.4 Å². The first kappa shape index (κ1) is 13.3. The standard InChI is InChI=1S/C13H23N3O2/c1-3-16-6-4-11(5-7-16)15(2)13(18)10-8-12(17)14-9-10/h10-11H,3-9H2,1-2H3,(H,14,17). The molecule has 0 aliphatic carbocycles. The van der Waals surface area contributed by atoms with Crippen LogP contribution in [0.1, 0.15) is 26.2 Å². The third-order valence-electron chi connectivity index (χ3n) is 4.23. The van der Waals surface area contributed by atoms with E-state index in [1.165, 1.54) is 0 Å². The van der Waals surface area contributed by atoms with Crippen molar-refractivity contribution in [2.75, 3.05) is 33.2 Å². The number of nitrogens with one attached hydrogen (secondary N) is 1. The first-order chi connectivity index (χ1) is 8.61. The molecular weight excluding hydrogens is 230 g/mol. The molecule has 0 aromatic carbocycles. The third-order valence-corrected chi connectivity index (χ3v) is 4.23. The van der Waals surface area contributed by atoms with Crippen LogP contribution >= 0.6 is 0 Å². The highest BCUT2D eigenvalue weighted by Crippen LogP contribution is 2.19. The Morgan fingerprint density at radius 1 is 1.44 bits per heavy atom. The molecule has 0 aromatic heterocycles. The Hall–Kier alpha value is -1.10. The van der Waals surface area contributed by atoms with Crippen LogP contribution in [0.15, 0.2) is 0 Å². The molecule has 1 atom stereocenters. The molecule has 2 heterocycles. The lowest BCUT2D eigenvalue weighted by Gasteiger charge is -2.37. The summed E-state index contributed by atoms with van der Waals surface area (Å²) in [6, 6.07) is 0.344. The number of piperidine rings is 1. The fourth-order valence-corrected chi connectivity index (χ4v) is 2.87. The molecule has 18 heavy (non-hydrogen) atoms. The van der Waals surface area contributed by atoms with Crippen molar-refractivity contribution in [3.05, 3.63) is 0 Å². The summed E-state index contributed by atoms with van der Waals surface area (Å²) in [6.45, 7) is 5.91. The molecule has 2 aliphatic rings. The highest BCUT2D eigenvalue weighted by Gasteiger charge is 2.33. The van der Waals surface area contributed by atoms with Crippen LogP contribution in [0.25, 0.3) is 0 Å². The zero-order valence-corrected chi connectivity index (χ0v) is 11.3. The van der Waals surface area contributed by atoms with Crippen molar-refractivity contribution >= 4 is 11.8 Å². The summed E-state index contributed by atoms with van der Waals surface area (Å²) in [5.41, 5.74) is 0. The van der Waals surface area contributed by atoms with Crippen LogP contribution in [-0.2, 0) is 9.59 Å². The van der Waals surface area contributed by atoms with Gasteiger partial charge in [-0.3, -0.25) is 9.59 Å². The Labute approximate surface area is 108 Å². The van der Waals surface area contributed by atoms with Crippen molar-refractivity contribution in [3.63, 3.8) is 0 Å². The number of rotatable bonds is 3. The van der Waals surface area contributed by atoms with Crippen LogP contribution in [-0.4, -0.2) is 60.9 Å². The molecule has 0 spiro atoms. The smallest absolute Gasteiger partial charge is 0.227 e. The van der Waals surface area contributed by atoms with Crippen molar-refractivity contribution in [2.24, 2.45) is 5.92 Å². The van der Waals surface area contributed by atoms with E-state index in [1.54, 1.807) is 0 Å². The van der Waals surface area contributed by atoms with Crippen molar-refractivity contribution < 1.29 is 9.59 Å². The average molecular weight is 253 g/mol. The molecule has 2 saturated heterocycles. The maximum atomic E-state index is 12.3. The second-order valence-electron chi connectivity index (χ2n) is 5.32. The normalized spacial score (nSPS) is 26.1. The monoisotopic (exact) mass is 253 g/mol. The van der Waals surface area contributed by atoms with E-state index in [0.717, 1.165) is 32.5 Å². The Balaban J connectivity index is 1.85. The van der Waals surface area contributed by atoms with Gasteiger partial charge in [0.1, 0.15) is 0 Å². The van der Waals surface area contributed by atoms with Gasteiger partial charge in [0.2, 0.25) is 11.8 Å². The zero-order valence-electron chi connectivity index (χ0n) is 11.3. The maximum Gasteiger partial charge on any atom is 0.227 e. The van der Waals surface area contributed by atoms with Crippen LogP contribution in [0.5, 0.6) is 0 Å². The van der Waals surface area contributed by atoms with E-state index in [0.29, 0.717) is 19.0 Å². The van der Waals surface area contributed by atoms with E-state index in [4.69, 9.17) is 0 Å². The van der Waals surface area contributed by atoms with Gasteiger partial charge in [-0.25, -0.2) is 0 Å². The number of nitrogens with zero attached hydrogens (tertiary/aromatic N) is 2. The zero-order chi connectivity index (χ0) is 13.1.